The lowest BCUT2D eigenvalue weighted by Gasteiger charge is -2.39. The Morgan fingerprint density at radius 1 is 1.56 bits per heavy atom. The average Bonchev–Trinajstić information content (AvgIpc) is 2.38. The molecule has 1 saturated heterocycles. The predicted molar refractivity (Wildman–Crippen MR) is 69.8 cm³/mol. The molecular weight excluding hydrogens is 254 g/mol. The van der Waals surface area contributed by atoms with E-state index in [-0.39, 0.29) is 18.8 Å². The number of hydrogen-bond acceptors (Lipinski definition) is 5. The number of morpholine rings is 1. The van der Waals surface area contributed by atoms with Gasteiger partial charge in [-0.25, -0.2) is 9.97 Å². The van der Waals surface area contributed by atoms with E-state index in [1.54, 1.807) is 0 Å². The molecule has 2 atom stereocenters. The number of nitrogens with zero attached hydrogens (tertiary/aromatic N) is 3. The SMILES string of the molecule is CCC1COC(C)CN1c1ncnc(Cl)c1CO. The van der Waals surface area contributed by atoms with Crippen LogP contribution in [0.25, 0.3) is 0 Å². The predicted octanol–water partition coefficient (Wildman–Crippen LogP) is 1.63. The maximum absolute atomic E-state index is 9.43. The fourth-order valence-corrected chi connectivity index (χ4v) is 2.40. The third-order valence-electron chi connectivity index (χ3n) is 3.24. The van der Waals surface area contributed by atoms with E-state index < -0.39 is 0 Å². The Hall–Kier alpha value is -0.910. The van der Waals surface area contributed by atoms with Gasteiger partial charge in [-0.05, 0) is 13.3 Å². The minimum absolute atomic E-state index is 0.146. The van der Waals surface area contributed by atoms with Crippen LogP contribution in [0.1, 0.15) is 25.8 Å². The molecule has 0 spiro atoms. The van der Waals surface area contributed by atoms with E-state index in [0.29, 0.717) is 17.3 Å². The largest absolute Gasteiger partial charge is 0.391 e. The molecule has 0 saturated carbocycles. The monoisotopic (exact) mass is 271 g/mol. The van der Waals surface area contributed by atoms with Gasteiger partial charge in [0.2, 0.25) is 0 Å². The molecular formula is C12H18ClN3O2. The fourth-order valence-electron chi connectivity index (χ4n) is 2.21. The third-order valence-corrected chi connectivity index (χ3v) is 3.56. The Bertz CT molecular complexity index is 416. The molecule has 2 unspecified atom stereocenters. The highest BCUT2D eigenvalue weighted by Gasteiger charge is 2.28. The first-order valence-corrected chi connectivity index (χ1v) is 6.53. The van der Waals surface area contributed by atoms with Crippen molar-refractivity contribution >= 4 is 17.4 Å². The highest BCUT2D eigenvalue weighted by Crippen LogP contribution is 2.28. The van der Waals surface area contributed by atoms with Gasteiger partial charge in [-0.15, -0.1) is 0 Å². The van der Waals surface area contributed by atoms with Gasteiger partial charge in [0.15, 0.2) is 0 Å². The summed E-state index contributed by atoms with van der Waals surface area (Å²) in [6.45, 7) is 5.40. The molecule has 100 valence electrons. The molecule has 1 fully saturated rings. The average molecular weight is 272 g/mol. The minimum atomic E-state index is -0.156. The molecule has 6 heteroatoms. The van der Waals surface area contributed by atoms with Crippen LogP contribution in [0.15, 0.2) is 6.33 Å². The summed E-state index contributed by atoms with van der Waals surface area (Å²) in [5.74, 6) is 0.722. The second kappa shape index (κ2) is 5.82. The van der Waals surface area contributed by atoms with Gasteiger partial charge < -0.3 is 14.7 Å². The number of halogens is 1. The summed E-state index contributed by atoms with van der Waals surface area (Å²) < 4.78 is 5.66. The molecule has 1 N–H and O–H groups in total. The van der Waals surface area contributed by atoms with Crippen molar-refractivity contribution < 1.29 is 9.84 Å². The number of rotatable bonds is 3. The lowest BCUT2D eigenvalue weighted by Crippen LogP contribution is -2.49. The van der Waals surface area contributed by atoms with E-state index in [1.807, 2.05) is 6.92 Å². The number of aliphatic hydroxyl groups excluding tert-OH is 1. The molecule has 0 aromatic carbocycles. The molecule has 1 aliphatic heterocycles. The molecule has 5 nitrogen and oxygen atoms in total. The van der Waals surface area contributed by atoms with Gasteiger partial charge in [-0.3, -0.25) is 0 Å². The van der Waals surface area contributed by atoms with E-state index in [9.17, 15) is 5.11 Å². The summed E-state index contributed by atoms with van der Waals surface area (Å²) in [4.78, 5) is 10.4. The van der Waals surface area contributed by atoms with Crippen LogP contribution in [-0.4, -0.2) is 40.4 Å². The molecule has 1 aromatic heterocycles. The summed E-state index contributed by atoms with van der Waals surface area (Å²) >= 11 is 6.01. The van der Waals surface area contributed by atoms with E-state index in [0.717, 1.165) is 18.8 Å². The van der Waals surface area contributed by atoms with Crippen LogP contribution in [0.5, 0.6) is 0 Å². The molecule has 1 aliphatic rings. The highest BCUT2D eigenvalue weighted by molar-refractivity contribution is 6.30. The van der Waals surface area contributed by atoms with Crippen molar-refractivity contribution in [1.29, 1.82) is 0 Å². The molecule has 2 heterocycles. The topological polar surface area (TPSA) is 58.5 Å². The molecule has 2 rings (SSSR count). The van der Waals surface area contributed by atoms with Crippen molar-refractivity contribution in [3.05, 3.63) is 17.0 Å². The van der Waals surface area contributed by atoms with Gasteiger partial charge in [0.25, 0.3) is 0 Å². The quantitative estimate of drug-likeness (QED) is 0.847. The van der Waals surface area contributed by atoms with Gasteiger partial charge in [0, 0.05) is 6.54 Å². The van der Waals surface area contributed by atoms with E-state index >= 15 is 0 Å². The van der Waals surface area contributed by atoms with Crippen LogP contribution in [0, 0.1) is 0 Å². The molecule has 0 bridgehead atoms. The van der Waals surface area contributed by atoms with Crippen LogP contribution >= 0.6 is 11.6 Å². The molecule has 1 aromatic rings. The summed E-state index contributed by atoms with van der Waals surface area (Å²) in [5.41, 5.74) is 0.590. The highest BCUT2D eigenvalue weighted by atomic mass is 35.5. The van der Waals surface area contributed by atoms with E-state index in [4.69, 9.17) is 16.3 Å². The van der Waals surface area contributed by atoms with Crippen LogP contribution in [0.2, 0.25) is 5.15 Å². The number of ether oxygens (including phenoxy) is 1. The zero-order valence-electron chi connectivity index (χ0n) is 10.6. The van der Waals surface area contributed by atoms with Gasteiger partial charge in [-0.2, -0.15) is 0 Å². The standard InChI is InChI=1S/C12H18ClN3O2/c1-3-9-6-18-8(2)4-16(9)12-10(5-17)11(13)14-7-15-12/h7-9,17H,3-6H2,1-2H3. The summed E-state index contributed by atoms with van der Waals surface area (Å²) in [6.07, 6.45) is 2.54. The Labute approximate surface area is 112 Å². The van der Waals surface area contributed by atoms with Gasteiger partial charge in [0.1, 0.15) is 17.3 Å². The van der Waals surface area contributed by atoms with Crippen LogP contribution < -0.4 is 4.90 Å². The Balaban J connectivity index is 2.36. The zero-order valence-corrected chi connectivity index (χ0v) is 11.4. The van der Waals surface area contributed by atoms with Crippen molar-refractivity contribution in [2.24, 2.45) is 0 Å². The van der Waals surface area contributed by atoms with Crippen LogP contribution in [0.4, 0.5) is 5.82 Å². The Morgan fingerprint density at radius 3 is 3.00 bits per heavy atom. The Kier molecular flexibility index (Phi) is 4.37. The van der Waals surface area contributed by atoms with Gasteiger partial charge in [-0.1, -0.05) is 18.5 Å². The summed E-state index contributed by atoms with van der Waals surface area (Å²) in [7, 11) is 0. The maximum atomic E-state index is 9.43. The second-order valence-electron chi connectivity index (χ2n) is 4.48. The molecule has 18 heavy (non-hydrogen) atoms. The molecule has 0 amide bonds. The van der Waals surface area contributed by atoms with Crippen molar-refractivity contribution in [2.75, 3.05) is 18.1 Å². The molecule has 0 aliphatic carbocycles. The number of aliphatic hydroxyl groups is 1. The smallest absolute Gasteiger partial charge is 0.140 e. The Morgan fingerprint density at radius 2 is 2.33 bits per heavy atom. The fraction of sp³-hybridized carbons (Fsp3) is 0.667. The lowest BCUT2D eigenvalue weighted by atomic mass is 10.1. The summed E-state index contributed by atoms with van der Waals surface area (Å²) in [5, 5.41) is 9.75. The zero-order chi connectivity index (χ0) is 13.1. The minimum Gasteiger partial charge on any atom is -0.391 e. The first kappa shape index (κ1) is 13.5. The maximum Gasteiger partial charge on any atom is 0.140 e. The van der Waals surface area contributed by atoms with Crippen molar-refractivity contribution in [3.63, 3.8) is 0 Å². The van der Waals surface area contributed by atoms with Gasteiger partial charge >= 0.3 is 0 Å². The first-order chi connectivity index (χ1) is 8.67. The van der Waals surface area contributed by atoms with Gasteiger partial charge in [0.05, 0.1) is 30.9 Å². The normalized spacial score (nSPS) is 24.3. The van der Waals surface area contributed by atoms with Crippen LogP contribution in [-0.2, 0) is 11.3 Å². The molecule has 0 radical (unpaired) electrons. The second-order valence-corrected chi connectivity index (χ2v) is 4.84. The number of aromatic nitrogens is 2. The number of hydrogen-bond donors (Lipinski definition) is 1. The lowest BCUT2D eigenvalue weighted by molar-refractivity contribution is 0.0294. The van der Waals surface area contributed by atoms with Crippen LogP contribution in [0.3, 0.4) is 0 Å². The van der Waals surface area contributed by atoms with E-state index in [1.165, 1.54) is 6.33 Å². The first-order valence-electron chi connectivity index (χ1n) is 6.15. The summed E-state index contributed by atoms with van der Waals surface area (Å²) in [6, 6.07) is 0.262. The van der Waals surface area contributed by atoms with Crippen molar-refractivity contribution in [2.45, 2.75) is 39.0 Å². The number of anilines is 1. The van der Waals surface area contributed by atoms with Crippen molar-refractivity contribution in [3.8, 4) is 0 Å². The van der Waals surface area contributed by atoms with Crippen molar-refractivity contribution in [1.82, 2.24) is 9.97 Å². The third kappa shape index (κ3) is 2.58. The van der Waals surface area contributed by atoms with E-state index in [2.05, 4.69) is 21.8 Å².